The fourth-order valence-corrected chi connectivity index (χ4v) is 5.00. The molecule has 0 radical (unpaired) electrons. The molecule has 228 valence electrons. The number of ether oxygens (including phenoxy) is 4. The largest absolute Gasteiger partial charge is 0.497 e. The number of methoxy groups -OCH3 is 1. The molecule has 2 aromatic carbocycles. The van der Waals surface area contributed by atoms with Gasteiger partial charge in [-0.15, -0.1) is 0 Å². The van der Waals surface area contributed by atoms with Crippen molar-refractivity contribution in [2.45, 2.75) is 76.7 Å². The maximum Gasteiger partial charge on any atom is 0.330 e. The average molecular weight is 579 g/mol. The van der Waals surface area contributed by atoms with Gasteiger partial charge in [-0.3, -0.25) is 4.79 Å². The Morgan fingerprint density at radius 3 is 2.12 bits per heavy atom. The zero-order chi connectivity index (χ0) is 30.6. The van der Waals surface area contributed by atoms with E-state index in [2.05, 4.69) is 44.3 Å². The zero-order valence-corrected chi connectivity index (χ0v) is 25.1. The van der Waals surface area contributed by atoms with Crippen LogP contribution in [0.4, 0.5) is 0 Å². The van der Waals surface area contributed by atoms with Crippen molar-refractivity contribution in [3.63, 3.8) is 0 Å². The monoisotopic (exact) mass is 578 g/mol. The van der Waals surface area contributed by atoms with Gasteiger partial charge in [-0.05, 0) is 98.7 Å². The number of esters is 2. The van der Waals surface area contributed by atoms with Crippen molar-refractivity contribution in [3.05, 3.63) is 85.0 Å². The Morgan fingerprint density at radius 2 is 1.55 bits per heavy atom. The van der Waals surface area contributed by atoms with Crippen LogP contribution >= 0.6 is 0 Å². The lowest BCUT2D eigenvalue weighted by Crippen LogP contribution is -2.24. The predicted molar refractivity (Wildman–Crippen MR) is 165 cm³/mol. The van der Waals surface area contributed by atoms with Gasteiger partial charge in [-0.1, -0.05) is 45.1 Å². The third-order valence-electron chi connectivity index (χ3n) is 7.36. The molecule has 1 saturated carbocycles. The quantitative estimate of drug-likeness (QED) is 0.0875. The van der Waals surface area contributed by atoms with Crippen LogP contribution < -0.4 is 9.47 Å². The lowest BCUT2D eigenvalue weighted by atomic mass is 9.77. The number of carbonyl (C=O) groups excluding carboxylic acids is 3. The number of aldehydes is 1. The van der Waals surface area contributed by atoms with E-state index in [-0.39, 0.29) is 6.61 Å². The topological polar surface area (TPSA) is 88.1 Å². The highest BCUT2D eigenvalue weighted by Crippen LogP contribution is 2.37. The summed E-state index contributed by atoms with van der Waals surface area (Å²) in [6.45, 7) is 9.40. The van der Waals surface area contributed by atoms with E-state index in [9.17, 15) is 14.4 Å². The molecule has 0 spiro atoms. The first-order chi connectivity index (χ1) is 20.4. The molecule has 2 aromatic rings. The number of carbonyl (C=O) groups is 3. The molecule has 0 amide bonds. The highest BCUT2D eigenvalue weighted by Gasteiger charge is 2.21. The van der Waals surface area contributed by atoms with E-state index in [0.717, 1.165) is 42.4 Å². The van der Waals surface area contributed by atoms with Crippen LogP contribution in [-0.2, 0) is 19.1 Å². The van der Waals surface area contributed by atoms with Gasteiger partial charge in [0.25, 0.3) is 0 Å². The lowest BCUT2D eigenvalue weighted by Gasteiger charge is -2.28. The Morgan fingerprint density at radius 1 is 0.905 bits per heavy atom. The molecule has 7 nitrogen and oxygen atoms in total. The standard InChI is InChI=1S/C19H22O6.C16H24O/c1-3-18(21)24-14-17(25-19(22)4-2)7-5-6-12-23-16-10-8-15(13-20)9-11-16;1-3-4-13-5-7-14(8-6-13)15-9-11-16(17-2)12-10-15/h3-4,8-11,13,17H,1-2,5-7,12,14H2;9-14H,3-8H2,1-2H3. The van der Waals surface area contributed by atoms with Gasteiger partial charge in [0, 0.05) is 17.7 Å². The van der Waals surface area contributed by atoms with E-state index in [1.165, 1.54) is 44.1 Å². The number of benzene rings is 2. The van der Waals surface area contributed by atoms with Gasteiger partial charge < -0.3 is 18.9 Å². The van der Waals surface area contributed by atoms with Crippen LogP contribution in [0.5, 0.6) is 11.5 Å². The molecule has 3 rings (SSSR count). The van der Waals surface area contributed by atoms with Crippen LogP contribution in [0.15, 0.2) is 73.8 Å². The van der Waals surface area contributed by atoms with Crippen molar-refractivity contribution in [1.29, 1.82) is 0 Å². The summed E-state index contributed by atoms with van der Waals surface area (Å²) in [7, 11) is 1.73. The second-order valence-corrected chi connectivity index (χ2v) is 10.4. The van der Waals surface area contributed by atoms with Crippen LogP contribution in [0.3, 0.4) is 0 Å². The fourth-order valence-electron chi connectivity index (χ4n) is 5.00. The van der Waals surface area contributed by atoms with Gasteiger partial charge in [0.1, 0.15) is 30.5 Å². The van der Waals surface area contributed by atoms with Crippen molar-refractivity contribution >= 4 is 18.2 Å². The minimum Gasteiger partial charge on any atom is -0.497 e. The van der Waals surface area contributed by atoms with Crippen molar-refractivity contribution in [1.82, 2.24) is 0 Å². The van der Waals surface area contributed by atoms with Gasteiger partial charge in [-0.25, -0.2) is 9.59 Å². The maximum absolute atomic E-state index is 11.3. The number of hydrogen-bond donors (Lipinski definition) is 0. The number of hydrogen-bond acceptors (Lipinski definition) is 7. The molecule has 0 bridgehead atoms. The second kappa shape index (κ2) is 20.1. The smallest absolute Gasteiger partial charge is 0.330 e. The molecule has 7 heteroatoms. The summed E-state index contributed by atoms with van der Waals surface area (Å²) in [5.74, 6) is 2.30. The summed E-state index contributed by atoms with van der Waals surface area (Å²) in [6.07, 6.45) is 12.7. The number of unbranched alkanes of at least 4 members (excludes halogenated alkanes) is 1. The molecule has 0 aromatic heterocycles. The molecule has 0 N–H and O–H groups in total. The minimum absolute atomic E-state index is 0.0293. The Bertz CT molecular complexity index is 1080. The molecule has 1 aliphatic rings. The summed E-state index contributed by atoms with van der Waals surface area (Å²) >= 11 is 0. The molecule has 1 unspecified atom stereocenters. The Labute approximate surface area is 250 Å². The maximum atomic E-state index is 11.3. The van der Waals surface area contributed by atoms with Gasteiger partial charge in [0.2, 0.25) is 0 Å². The Kier molecular flexibility index (Phi) is 16.4. The molecule has 0 aliphatic heterocycles. The lowest BCUT2D eigenvalue weighted by molar-refractivity contribution is -0.153. The molecule has 0 saturated heterocycles. The summed E-state index contributed by atoms with van der Waals surface area (Å²) in [4.78, 5) is 33.0. The molecular weight excluding hydrogens is 532 g/mol. The highest BCUT2D eigenvalue weighted by atomic mass is 16.6. The Balaban J connectivity index is 0.000000314. The second-order valence-electron chi connectivity index (χ2n) is 10.4. The van der Waals surface area contributed by atoms with Crippen molar-refractivity contribution in [2.75, 3.05) is 20.3 Å². The van der Waals surface area contributed by atoms with E-state index < -0.39 is 18.0 Å². The van der Waals surface area contributed by atoms with Crippen LogP contribution in [0, 0.1) is 5.92 Å². The van der Waals surface area contributed by atoms with Gasteiger partial charge in [-0.2, -0.15) is 0 Å². The fraction of sp³-hybridized carbons (Fsp3) is 0.457. The minimum atomic E-state index is -0.568. The predicted octanol–water partition coefficient (Wildman–Crippen LogP) is 7.64. The van der Waals surface area contributed by atoms with Crippen LogP contribution in [0.1, 0.15) is 86.6 Å². The van der Waals surface area contributed by atoms with Gasteiger partial charge in [0.15, 0.2) is 0 Å². The van der Waals surface area contributed by atoms with Crippen LogP contribution in [0.2, 0.25) is 0 Å². The van der Waals surface area contributed by atoms with Crippen LogP contribution in [-0.4, -0.2) is 44.7 Å². The van der Waals surface area contributed by atoms with Crippen molar-refractivity contribution < 1.29 is 33.3 Å². The number of rotatable bonds is 16. The third kappa shape index (κ3) is 13.2. The Hall–Kier alpha value is -3.87. The molecule has 1 atom stereocenters. The first-order valence-corrected chi connectivity index (χ1v) is 14.9. The molecule has 42 heavy (non-hydrogen) atoms. The van der Waals surface area contributed by atoms with Crippen LogP contribution in [0.25, 0.3) is 0 Å². The normalized spacial score (nSPS) is 16.5. The first-order valence-electron chi connectivity index (χ1n) is 14.9. The van der Waals surface area contributed by atoms with Crippen molar-refractivity contribution in [2.24, 2.45) is 5.92 Å². The summed E-state index contributed by atoms with van der Waals surface area (Å²) < 4.78 is 20.8. The molecular formula is C35H46O7. The average Bonchev–Trinajstić information content (AvgIpc) is 3.04. The zero-order valence-electron chi connectivity index (χ0n) is 25.1. The van der Waals surface area contributed by atoms with E-state index >= 15 is 0 Å². The molecule has 1 fully saturated rings. The van der Waals surface area contributed by atoms with Gasteiger partial charge in [0.05, 0.1) is 13.7 Å². The summed E-state index contributed by atoms with van der Waals surface area (Å²) in [5, 5.41) is 0. The van der Waals surface area contributed by atoms with E-state index in [1.54, 1.807) is 31.4 Å². The SMILES string of the molecule is C=CC(=O)OCC(CCCCOc1ccc(C=O)cc1)OC(=O)C=C.CCCC1CCC(c2ccc(OC)cc2)CC1. The van der Waals surface area contributed by atoms with Gasteiger partial charge >= 0.3 is 11.9 Å². The highest BCUT2D eigenvalue weighted by molar-refractivity contribution is 5.82. The van der Waals surface area contributed by atoms with Crippen molar-refractivity contribution in [3.8, 4) is 11.5 Å². The summed E-state index contributed by atoms with van der Waals surface area (Å²) in [6, 6.07) is 15.5. The van der Waals surface area contributed by atoms with E-state index in [4.69, 9.17) is 18.9 Å². The third-order valence-corrected chi connectivity index (χ3v) is 7.36. The van der Waals surface area contributed by atoms with E-state index in [0.29, 0.717) is 30.8 Å². The first kappa shape index (κ1) is 34.3. The molecule has 1 aliphatic carbocycles. The summed E-state index contributed by atoms with van der Waals surface area (Å²) in [5.41, 5.74) is 2.09. The van der Waals surface area contributed by atoms with E-state index in [1.807, 2.05) is 0 Å². The molecule has 0 heterocycles.